The number of nitrogens with one attached hydrogen (secondary N) is 1. The van der Waals surface area contributed by atoms with Crippen LogP contribution < -0.4 is 5.73 Å². The first-order valence-electron chi connectivity index (χ1n) is 8.81. The fraction of sp³-hybridized carbons (Fsp3) is 0.316. The molecule has 2 heterocycles. The Labute approximate surface area is 157 Å². The summed E-state index contributed by atoms with van der Waals surface area (Å²) >= 11 is 0. The smallest absolute Gasteiger partial charge is 0.243 e. The summed E-state index contributed by atoms with van der Waals surface area (Å²) in [6.45, 7) is 4.18. The lowest BCUT2D eigenvalue weighted by atomic mass is 9.94. The van der Waals surface area contributed by atoms with E-state index in [1.165, 1.54) is 4.31 Å². The highest BCUT2D eigenvalue weighted by molar-refractivity contribution is 7.89. The zero-order valence-electron chi connectivity index (χ0n) is 15.2. The summed E-state index contributed by atoms with van der Waals surface area (Å²) in [4.78, 5) is 0.253. The van der Waals surface area contributed by atoms with E-state index in [1.54, 1.807) is 12.1 Å². The van der Waals surface area contributed by atoms with E-state index in [9.17, 15) is 13.5 Å². The molecular weight excluding hydrogens is 364 g/mol. The minimum absolute atomic E-state index is 0.151. The molecule has 0 saturated carbocycles. The van der Waals surface area contributed by atoms with E-state index in [0.29, 0.717) is 18.8 Å². The Kier molecular flexibility index (Phi) is 4.21. The van der Waals surface area contributed by atoms with Crippen molar-refractivity contribution in [1.82, 2.24) is 14.5 Å². The highest BCUT2D eigenvalue weighted by Crippen LogP contribution is 2.35. The number of aromatic nitrogens is 2. The van der Waals surface area contributed by atoms with Crippen LogP contribution >= 0.6 is 0 Å². The Morgan fingerprint density at radius 1 is 1.26 bits per heavy atom. The first-order chi connectivity index (χ1) is 12.8. The number of nitrogens with two attached hydrogens (primary N) is 1. The molecule has 2 aromatic carbocycles. The van der Waals surface area contributed by atoms with Gasteiger partial charge in [0.1, 0.15) is 0 Å². The highest BCUT2D eigenvalue weighted by atomic mass is 32.2. The second kappa shape index (κ2) is 6.33. The van der Waals surface area contributed by atoms with Gasteiger partial charge in [-0.15, -0.1) is 0 Å². The van der Waals surface area contributed by atoms with E-state index in [4.69, 9.17) is 5.73 Å². The lowest BCUT2D eigenvalue weighted by Crippen LogP contribution is -2.52. The van der Waals surface area contributed by atoms with Crippen molar-refractivity contribution in [1.29, 1.82) is 0 Å². The molecule has 1 fully saturated rings. The lowest BCUT2D eigenvalue weighted by Gasteiger charge is -2.38. The number of aliphatic hydroxyl groups is 1. The van der Waals surface area contributed by atoms with Crippen LogP contribution in [0.1, 0.15) is 17.5 Å². The first-order valence-corrected chi connectivity index (χ1v) is 10.3. The Bertz CT molecular complexity index is 1140. The molecule has 3 aromatic rings. The molecule has 0 amide bonds. The number of sulfonamides is 1. The normalized spacial score (nSPS) is 18.0. The third-order valence-corrected chi connectivity index (χ3v) is 7.36. The predicted molar refractivity (Wildman–Crippen MR) is 105 cm³/mol. The van der Waals surface area contributed by atoms with Crippen molar-refractivity contribution in [3.05, 3.63) is 41.5 Å². The molecule has 0 spiro atoms. The number of nitrogens with zero attached hydrogens (tertiary/aromatic N) is 2. The fourth-order valence-corrected chi connectivity index (χ4v) is 5.50. The Morgan fingerprint density at radius 3 is 2.63 bits per heavy atom. The van der Waals surface area contributed by atoms with Gasteiger partial charge in [-0.25, -0.2) is 8.42 Å². The van der Waals surface area contributed by atoms with E-state index in [2.05, 4.69) is 10.2 Å². The van der Waals surface area contributed by atoms with Crippen LogP contribution in [0.25, 0.3) is 22.0 Å². The van der Waals surface area contributed by atoms with Crippen LogP contribution in [-0.4, -0.2) is 47.2 Å². The largest absolute Gasteiger partial charge is 0.395 e. The zero-order valence-corrected chi connectivity index (χ0v) is 16.0. The summed E-state index contributed by atoms with van der Waals surface area (Å²) < 4.78 is 27.0. The molecule has 1 unspecified atom stereocenters. The Hall–Kier alpha value is -2.42. The maximum atomic E-state index is 12.8. The summed E-state index contributed by atoms with van der Waals surface area (Å²) in [7, 11) is -3.59. The SMILES string of the molecule is Cc1cc(S(=O)(=O)N2CCC2CO)ccc1-c1ccc2[nH]nc(N)c2c1C. The quantitative estimate of drug-likeness (QED) is 0.636. The Morgan fingerprint density at radius 2 is 2.00 bits per heavy atom. The van der Waals surface area contributed by atoms with Crippen LogP contribution in [0.4, 0.5) is 5.82 Å². The second-order valence-corrected chi connectivity index (χ2v) is 8.88. The molecule has 0 bridgehead atoms. The van der Waals surface area contributed by atoms with Crippen molar-refractivity contribution in [3.63, 3.8) is 0 Å². The third kappa shape index (κ3) is 2.72. The standard InChI is InChI=1S/C19H22N4O3S/c1-11-9-14(27(25,26)23-8-7-13(23)10-24)3-4-15(11)16-5-6-17-18(12(16)2)19(20)22-21-17/h3-6,9,13,24H,7-8,10H2,1-2H3,(H3,20,21,22). The number of anilines is 1. The summed E-state index contributed by atoms with van der Waals surface area (Å²) in [5.74, 6) is 0.453. The van der Waals surface area contributed by atoms with Crippen LogP contribution in [0, 0.1) is 13.8 Å². The minimum atomic E-state index is -3.59. The summed E-state index contributed by atoms with van der Waals surface area (Å²) in [6.07, 6.45) is 0.693. The van der Waals surface area contributed by atoms with Gasteiger partial charge in [0, 0.05) is 18.0 Å². The highest BCUT2D eigenvalue weighted by Gasteiger charge is 2.38. The number of aryl methyl sites for hydroxylation is 2. The molecule has 1 saturated heterocycles. The van der Waals surface area contributed by atoms with Gasteiger partial charge < -0.3 is 10.8 Å². The zero-order chi connectivity index (χ0) is 19.3. The van der Waals surface area contributed by atoms with Gasteiger partial charge in [0.15, 0.2) is 5.82 Å². The molecule has 1 aliphatic heterocycles. The lowest BCUT2D eigenvalue weighted by molar-refractivity contribution is 0.116. The van der Waals surface area contributed by atoms with Gasteiger partial charge >= 0.3 is 0 Å². The van der Waals surface area contributed by atoms with Gasteiger partial charge in [-0.05, 0) is 60.7 Å². The van der Waals surface area contributed by atoms with E-state index in [-0.39, 0.29) is 17.5 Å². The topological polar surface area (TPSA) is 112 Å². The average Bonchev–Trinajstić information content (AvgIpc) is 2.97. The molecule has 8 heteroatoms. The van der Waals surface area contributed by atoms with Gasteiger partial charge in [-0.1, -0.05) is 12.1 Å². The molecule has 7 nitrogen and oxygen atoms in total. The molecule has 0 radical (unpaired) electrons. The number of aromatic amines is 1. The number of benzene rings is 2. The van der Waals surface area contributed by atoms with Crippen molar-refractivity contribution in [2.24, 2.45) is 0 Å². The van der Waals surface area contributed by atoms with E-state index < -0.39 is 10.0 Å². The predicted octanol–water partition coefficient (Wildman–Crippen LogP) is 2.18. The van der Waals surface area contributed by atoms with Gasteiger partial charge in [-0.2, -0.15) is 9.40 Å². The fourth-order valence-electron chi connectivity index (χ4n) is 3.75. The van der Waals surface area contributed by atoms with E-state index in [0.717, 1.165) is 33.2 Å². The number of rotatable bonds is 4. The number of hydrogen-bond acceptors (Lipinski definition) is 5. The van der Waals surface area contributed by atoms with Crippen LogP contribution in [0.15, 0.2) is 35.2 Å². The maximum absolute atomic E-state index is 12.8. The first kappa shape index (κ1) is 18.0. The Balaban J connectivity index is 1.77. The van der Waals surface area contributed by atoms with Gasteiger partial charge in [0.25, 0.3) is 0 Å². The molecule has 1 aliphatic rings. The van der Waals surface area contributed by atoms with Crippen molar-refractivity contribution in [2.75, 3.05) is 18.9 Å². The number of aliphatic hydroxyl groups excluding tert-OH is 1. The third-order valence-electron chi connectivity index (χ3n) is 5.41. The summed E-state index contributed by atoms with van der Waals surface area (Å²) in [6, 6.07) is 8.76. The molecule has 27 heavy (non-hydrogen) atoms. The number of fused-ring (bicyclic) bond motifs is 1. The molecule has 1 atom stereocenters. The van der Waals surface area contributed by atoms with Crippen molar-refractivity contribution >= 4 is 26.7 Å². The van der Waals surface area contributed by atoms with Gasteiger partial charge in [0.05, 0.1) is 17.0 Å². The number of nitrogen functional groups attached to an aromatic ring is 1. The van der Waals surface area contributed by atoms with Gasteiger partial charge in [-0.3, -0.25) is 5.10 Å². The van der Waals surface area contributed by atoms with Crippen molar-refractivity contribution in [2.45, 2.75) is 31.2 Å². The molecule has 4 rings (SSSR count). The maximum Gasteiger partial charge on any atom is 0.243 e. The van der Waals surface area contributed by atoms with Crippen LogP contribution in [0.3, 0.4) is 0 Å². The molecule has 0 aliphatic carbocycles. The molecule has 1 aromatic heterocycles. The summed E-state index contributed by atoms with van der Waals surface area (Å²) in [5.41, 5.74) is 10.7. The second-order valence-electron chi connectivity index (χ2n) is 6.99. The molecule has 142 valence electrons. The number of hydrogen-bond donors (Lipinski definition) is 3. The summed E-state index contributed by atoms with van der Waals surface area (Å²) in [5, 5.41) is 17.2. The monoisotopic (exact) mass is 386 g/mol. The van der Waals surface area contributed by atoms with Crippen LogP contribution in [-0.2, 0) is 10.0 Å². The average molecular weight is 386 g/mol. The van der Waals surface area contributed by atoms with Crippen molar-refractivity contribution < 1.29 is 13.5 Å². The van der Waals surface area contributed by atoms with Crippen LogP contribution in [0.5, 0.6) is 0 Å². The van der Waals surface area contributed by atoms with Crippen LogP contribution in [0.2, 0.25) is 0 Å². The van der Waals surface area contributed by atoms with Gasteiger partial charge in [0.2, 0.25) is 10.0 Å². The van der Waals surface area contributed by atoms with E-state index in [1.807, 2.05) is 32.0 Å². The molecular formula is C19H22N4O3S. The van der Waals surface area contributed by atoms with Crippen molar-refractivity contribution in [3.8, 4) is 11.1 Å². The molecule has 4 N–H and O–H groups in total. The van der Waals surface area contributed by atoms with E-state index >= 15 is 0 Å². The number of H-pyrrole nitrogens is 1. The minimum Gasteiger partial charge on any atom is -0.395 e.